The molecule has 0 spiro atoms. The van der Waals surface area contributed by atoms with Crippen LogP contribution in [0.15, 0.2) is 24.3 Å². The predicted molar refractivity (Wildman–Crippen MR) is 71.1 cm³/mol. The molecule has 0 saturated carbocycles. The van der Waals surface area contributed by atoms with Gasteiger partial charge in [-0.1, -0.05) is 12.1 Å². The Balaban J connectivity index is 2.46. The smallest absolute Gasteiger partial charge is 0.187 e. The van der Waals surface area contributed by atoms with Gasteiger partial charge in [0.15, 0.2) is 17.5 Å². The number of nitrogen functional groups attached to an aromatic ring is 1. The van der Waals surface area contributed by atoms with Crippen LogP contribution in [0.5, 0.6) is 5.75 Å². The fraction of sp³-hybridized carbons (Fsp3) is 0.231. The van der Waals surface area contributed by atoms with Gasteiger partial charge < -0.3 is 10.2 Å². The molecule has 0 aliphatic heterocycles. The molecule has 5 nitrogen and oxygen atoms in total. The van der Waals surface area contributed by atoms with Crippen molar-refractivity contribution in [1.82, 2.24) is 9.97 Å². The Morgan fingerprint density at radius 3 is 2.84 bits per heavy atom. The molecule has 2 rings (SSSR count). The zero-order valence-corrected chi connectivity index (χ0v) is 10.8. The van der Waals surface area contributed by atoms with Crippen LogP contribution in [0.1, 0.15) is 12.6 Å². The normalized spacial score (nSPS) is 10.3. The molecular weight excluding hydrogens is 247 g/mol. The highest BCUT2D eigenvalue weighted by Gasteiger charge is 2.12. The second kappa shape index (κ2) is 5.62. The molecule has 0 amide bonds. The number of hydrogen-bond donors (Lipinski definition) is 2. The molecule has 0 bridgehead atoms. The van der Waals surface area contributed by atoms with Crippen molar-refractivity contribution in [2.24, 2.45) is 5.84 Å². The summed E-state index contributed by atoms with van der Waals surface area (Å²) in [4.78, 5) is 8.16. The van der Waals surface area contributed by atoms with Crippen molar-refractivity contribution < 1.29 is 9.13 Å². The molecule has 0 unspecified atom stereocenters. The van der Waals surface area contributed by atoms with Crippen molar-refractivity contribution in [2.75, 3.05) is 12.0 Å². The Morgan fingerprint density at radius 1 is 1.37 bits per heavy atom. The van der Waals surface area contributed by atoms with Gasteiger partial charge in [0.05, 0.1) is 12.3 Å². The van der Waals surface area contributed by atoms with Gasteiger partial charge in [0.25, 0.3) is 0 Å². The quantitative estimate of drug-likeness (QED) is 0.653. The van der Waals surface area contributed by atoms with Crippen molar-refractivity contribution in [2.45, 2.75) is 13.8 Å². The van der Waals surface area contributed by atoms with Gasteiger partial charge in [-0.3, -0.25) is 0 Å². The molecule has 1 aromatic carbocycles. The number of ether oxygens (including phenoxy) is 1. The van der Waals surface area contributed by atoms with Gasteiger partial charge >= 0.3 is 0 Å². The van der Waals surface area contributed by atoms with Gasteiger partial charge in [-0.15, -0.1) is 0 Å². The number of nitrogens with one attached hydrogen (secondary N) is 1. The van der Waals surface area contributed by atoms with E-state index < -0.39 is 5.82 Å². The van der Waals surface area contributed by atoms with Crippen LogP contribution in [-0.2, 0) is 0 Å². The summed E-state index contributed by atoms with van der Waals surface area (Å²) in [7, 11) is 0. The van der Waals surface area contributed by atoms with Gasteiger partial charge in [0.2, 0.25) is 0 Å². The number of anilines is 1. The average molecular weight is 262 g/mol. The molecule has 19 heavy (non-hydrogen) atoms. The molecule has 0 aliphatic carbocycles. The molecule has 2 aromatic rings. The van der Waals surface area contributed by atoms with Crippen molar-refractivity contribution in [3.05, 3.63) is 35.8 Å². The number of halogens is 1. The van der Waals surface area contributed by atoms with Crippen molar-refractivity contribution >= 4 is 5.82 Å². The van der Waals surface area contributed by atoms with Gasteiger partial charge in [-0.25, -0.2) is 20.2 Å². The molecule has 1 heterocycles. The van der Waals surface area contributed by atoms with Crippen molar-refractivity contribution in [3.63, 3.8) is 0 Å². The zero-order chi connectivity index (χ0) is 13.8. The highest BCUT2D eigenvalue weighted by Crippen LogP contribution is 2.24. The minimum atomic E-state index is -0.549. The third-order valence-corrected chi connectivity index (χ3v) is 2.56. The van der Waals surface area contributed by atoms with Crippen LogP contribution < -0.4 is 16.0 Å². The molecule has 0 saturated heterocycles. The Hall–Kier alpha value is -2.21. The first-order chi connectivity index (χ1) is 9.15. The van der Waals surface area contributed by atoms with Crippen LogP contribution in [0.3, 0.4) is 0 Å². The van der Waals surface area contributed by atoms with E-state index in [1.807, 2.05) is 25.1 Å². The van der Waals surface area contributed by atoms with Crippen LogP contribution in [0, 0.1) is 12.7 Å². The molecule has 0 radical (unpaired) electrons. The molecule has 0 atom stereocenters. The van der Waals surface area contributed by atoms with E-state index in [0.29, 0.717) is 18.2 Å². The van der Waals surface area contributed by atoms with Gasteiger partial charge in [-0.05, 0) is 26.0 Å². The third kappa shape index (κ3) is 2.79. The molecule has 6 heteroatoms. The maximum absolute atomic E-state index is 13.6. The lowest BCUT2D eigenvalue weighted by molar-refractivity contribution is 0.340. The van der Waals surface area contributed by atoms with Crippen LogP contribution in [0.2, 0.25) is 0 Å². The van der Waals surface area contributed by atoms with E-state index in [1.165, 1.54) is 0 Å². The number of rotatable bonds is 4. The second-order valence-corrected chi connectivity index (χ2v) is 3.90. The van der Waals surface area contributed by atoms with E-state index in [2.05, 4.69) is 15.4 Å². The van der Waals surface area contributed by atoms with E-state index in [1.54, 1.807) is 13.0 Å². The van der Waals surface area contributed by atoms with Gasteiger partial charge in [-0.2, -0.15) is 0 Å². The molecule has 0 aliphatic rings. The zero-order valence-electron chi connectivity index (χ0n) is 10.8. The van der Waals surface area contributed by atoms with E-state index in [4.69, 9.17) is 10.6 Å². The Kier molecular flexibility index (Phi) is 3.91. The maximum atomic E-state index is 13.6. The summed E-state index contributed by atoms with van der Waals surface area (Å²) in [6.45, 7) is 4.04. The van der Waals surface area contributed by atoms with Crippen LogP contribution >= 0.6 is 0 Å². The third-order valence-electron chi connectivity index (χ3n) is 2.56. The summed E-state index contributed by atoms with van der Waals surface area (Å²) in [5, 5.41) is 0. The minimum absolute atomic E-state index is 0.0238. The lowest BCUT2D eigenvalue weighted by Crippen LogP contribution is -2.13. The summed E-state index contributed by atoms with van der Waals surface area (Å²) in [6.07, 6.45) is 0. The first-order valence-corrected chi connectivity index (χ1v) is 5.89. The van der Waals surface area contributed by atoms with E-state index in [-0.39, 0.29) is 11.5 Å². The molecule has 3 N–H and O–H groups in total. The summed E-state index contributed by atoms with van der Waals surface area (Å²) in [5.74, 6) is 5.78. The average Bonchev–Trinajstić information content (AvgIpc) is 2.42. The van der Waals surface area contributed by atoms with E-state index in [9.17, 15) is 4.39 Å². The fourth-order valence-corrected chi connectivity index (χ4v) is 1.68. The standard InChI is InChI=1S/C13H15FN4O/c1-3-19-10-6-4-5-9(7-10)12-16-8(2)11(14)13(17-12)18-15/h4-7H,3,15H2,1-2H3,(H,16,17,18). The van der Waals surface area contributed by atoms with E-state index >= 15 is 0 Å². The first-order valence-electron chi connectivity index (χ1n) is 5.89. The highest BCUT2D eigenvalue weighted by molar-refractivity contribution is 5.59. The van der Waals surface area contributed by atoms with Crippen LogP contribution in [0.25, 0.3) is 11.4 Å². The minimum Gasteiger partial charge on any atom is -0.494 e. The van der Waals surface area contributed by atoms with E-state index in [0.717, 1.165) is 5.56 Å². The summed E-state index contributed by atoms with van der Waals surface area (Å²) < 4.78 is 19.0. The fourth-order valence-electron chi connectivity index (χ4n) is 1.68. The monoisotopic (exact) mass is 262 g/mol. The number of aromatic nitrogens is 2. The number of nitrogens with two attached hydrogens (primary N) is 1. The number of nitrogens with zero attached hydrogens (tertiary/aromatic N) is 2. The second-order valence-electron chi connectivity index (χ2n) is 3.90. The summed E-state index contributed by atoms with van der Waals surface area (Å²) in [6, 6.07) is 7.30. The number of hydrazine groups is 1. The highest BCUT2D eigenvalue weighted by atomic mass is 19.1. The Morgan fingerprint density at radius 2 is 2.16 bits per heavy atom. The lowest BCUT2D eigenvalue weighted by Gasteiger charge is -2.08. The Labute approximate surface area is 110 Å². The number of aryl methyl sites for hydroxylation is 1. The SMILES string of the molecule is CCOc1cccc(-c2nc(C)c(F)c(NN)n2)c1. The van der Waals surface area contributed by atoms with Crippen molar-refractivity contribution in [3.8, 4) is 17.1 Å². The molecular formula is C13H15FN4O. The first kappa shape index (κ1) is 13.2. The summed E-state index contributed by atoms with van der Waals surface area (Å²) >= 11 is 0. The molecule has 100 valence electrons. The predicted octanol–water partition coefficient (Wildman–Crippen LogP) is 2.28. The summed E-state index contributed by atoms with van der Waals surface area (Å²) in [5.41, 5.74) is 3.21. The molecule has 1 aromatic heterocycles. The van der Waals surface area contributed by atoms with Gasteiger partial charge in [0, 0.05) is 5.56 Å². The molecule has 0 fully saturated rings. The van der Waals surface area contributed by atoms with Crippen LogP contribution in [-0.4, -0.2) is 16.6 Å². The topological polar surface area (TPSA) is 73.1 Å². The largest absolute Gasteiger partial charge is 0.494 e. The Bertz CT molecular complexity index is 589. The van der Waals surface area contributed by atoms with Crippen LogP contribution in [0.4, 0.5) is 10.2 Å². The maximum Gasteiger partial charge on any atom is 0.187 e. The lowest BCUT2D eigenvalue weighted by atomic mass is 10.2. The number of hydrogen-bond acceptors (Lipinski definition) is 5. The van der Waals surface area contributed by atoms with Crippen molar-refractivity contribution in [1.29, 1.82) is 0 Å². The number of benzene rings is 1. The van der Waals surface area contributed by atoms with Gasteiger partial charge in [0.1, 0.15) is 5.75 Å².